The molecule has 1 N–H and O–H groups in total. The molecule has 5 heteroatoms. The molecule has 0 aliphatic heterocycles. The summed E-state index contributed by atoms with van der Waals surface area (Å²) in [5.41, 5.74) is 2.01. The maximum absolute atomic E-state index is 12.1. The molecule has 0 bridgehead atoms. The van der Waals surface area contributed by atoms with Crippen molar-refractivity contribution in [3.8, 4) is 11.6 Å². The maximum Gasteiger partial charge on any atom is 0.261 e. The smallest absolute Gasteiger partial charge is 0.261 e. The van der Waals surface area contributed by atoms with Crippen LogP contribution in [-0.2, 0) is 11.3 Å². The molecule has 1 unspecified atom stereocenters. The Morgan fingerprint density at radius 3 is 2.86 bits per heavy atom. The normalized spacial score (nSPS) is 11.6. The van der Waals surface area contributed by atoms with Crippen LogP contribution in [0.25, 0.3) is 0 Å². The number of carbonyl (C=O) groups is 1. The van der Waals surface area contributed by atoms with E-state index < -0.39 is 6.10 Å². The Morgan fingerprint density at radius 2 is 2.14 bits per heavy atom. The largest absolute Gasteiger partial charge is 0.481 e. The second kappa shape index (κ2) is 7.45. The zero-order valence-electron chi connectivity index (χ0n) is 13.0. The fraction of sp³-hybridized carbons (Fsp3) is 0.294. The van der Waals surface area contributed by atoms with Crippen molar-refractivity contribution in [2.75, 3.05) is 7.11 Å². The van der Waals surface area contributed by atoms with Gasteiger partial charge in [-0.3, -0.25) is 4.79 Å². The highest BCUT2D eigenvalue weighted by Gasteiger charge is 2.14. The van der Waals surface area contributed by atoms with Crippen molar-refractivity contribution in [2.45, 2.75) is 26.5 Å². The van der Waals surface area contributed by atoms with Crippen LogP contribution in [0, 0.1) is 6.92 Å². The average molecular weight is 300 g/mol. The first-order chi connectivity index (χ1) is 10.6. The molecule has 2 rings (SSSR count). The zero-order valence-corrected chi connectivity index (χ0v) is 13.0. The summed E-state index contributed by atoms with van der Waals surface area (Å²) in [7, 11) is 1.56. The van der Waals surface area contributed by atoms with Crippen LogP contribution in [0.1, 0.15) is 18.1 Å². The van der Waals surface area contributed by atoms with Crippen LogP contribution < -0.4 is 14.8 Å². The minimum Gasteiger partial charge on any atom is -0.481 e. The highest BCUT2D eigenvalue weighted by molar-refractivity contribution is 5.80. The van der Waals surface area contributed by atoms with Gasteiger partial charge in [0, 0.05) is 18.8 Å². The van der Waals surface area contributed by atoms with Gasteiger partial charge in [-0.05, 0) is 43.2 Å². The van der Waals surface area contributed by atoms with Crippen LogP contribution >= 0.6 is 0 Å². The number of methoxy groups -OCH3 is 1. The van der Waals surface area contributed by atoms with Gasteiger partial charge in [-0.2, -0.15) is 0 Å². The van der Waals surface area contributed by atoms with Crippen molar-refractivity contribution in [2.24, 2.45) is 0 Å². The summed E-state index contributed by atoms with van der Waals surface area (Å²) in [5, 5.41) is 2.84. The number of aromatic nitrogens is 1. The molecule has 1 heterocycles. The molecule has 1 aromatic carbocycles. The molecule has 0 saturated heterocycles. The van der Waals surface area contributed by atoms with E-state index in [9.17, 15) is 4.79 Å². The number of carbonyl (C=O) groups excluding carboxylic acids is 1. The van der Waals surface area contributed by atoms with Crippen LogP contribution in [0.3, 0.4) is 0 Å². The van der Waals surface area contributed by atoms with Crippen molar-refractivity contribution in [3.63, 3.8) is 0 Å². The van der Waals surface area contributed by atoms with Gasteiger partial charge >= 0.3 is 0 Å². The number of benzene rings is 1. The molecular weight excluding hydrogens is 280 g/mol. The van der Waals surface area contributed by atoms with Gasteiger partial charge in [0.15, 0.2) is 6.10 Å². The van der Waals surface area contributed by atoms with Crippen LogP contribution in [0.4, 0.5) is 0 Å². The molecule has 0 aliphatic rings. The highest BCUT2D eigenvalue weighted by Crippen LogP contribution is 2.14. The van der Waals surface area contributed by atoms with Crippen LogP contribution in [0.15, 0.2) is 42.6 Å². The lowest BCUT2D eigenvalue weighted by molar-refractivity contribution is -0.127. The van der Waals surface area contributed by atoms with Crippen molar-refractivity contribution in [1.29, 1.82) is 0 Å². The summed E-state index contributed by atoms with van der Waals surface area (Å²) < 4.78 is 10.7. The molecule has 2 aromatic rings. The Hall–Kier alpha value is -2.56. The summed E-state index contributed by atoms with van der Waals surface area (Å²) in [6.07, 6.45) is 1.08. The monoisotopic (exact) mass is 300 g/mol. The van der Waals surface area contributed by atoms with E-state index in [1.807, 2.05) is 37.3 Å². The minimum atomic E-state index is -0.564. The van der Waals surface area contributed by atoms with Gasteiger partial charge in [0.05, 0.1) is 7.11 Å². The number of ether oxygens (including phenoxy) is 2. The fourth-order valence-electron chi connectivity index (χ4n) is 1.95. The number of hydrogen-bond donors (Lipinski definition) is 1. The Morgan fingerprint density at radius 1 is 1.32 bits per heavy atom. The van der Waals surface area contributed by atoms with Gasteiger partial charge in [0.2, 0.25) is 5.88 Å². The third kappa shape index (κ3) is 4.48. The quantitative estimate of drug-likeness (QED) is 0.890. The maximum atomic E-state index is 12.1. The third-order valence-electron chi connectivity index (χ3n) is 3.15. The number of aryl methyl sites for hydroxylation is 1. The van der Waals surface area contributed by atoms with E-state index in [0.717, 1.165) is 11.1 Å². The van der Waals surface area contributed by atoms with E-state index in [1.165, 1.54) is 0 Å². The van der Waals surface area contributed by atoms with E-state index in [0.29, 0.717) is 18.2 Å². The van der Waals surface area contributed by atoms with Gasteiger partial charge in [-0.1, -0.05) is 12.1 Å². The molecular formula is C17H20N2O3. The lowest BCUT2D eigenvalue weighted by Gasteiger charge is -2.15. The Labute approximate surface area is 130 Å². The number of hydrogen-bond acceptors (Lipinski definition) is 4. The van der Waals surface area contributed by atoms with Crippen LogP contribution in [0.5, 0.6) is 11.6 Å². The lowest BCUT2D eigenvalue weighted by atomic mass is 10.2. The minimum absolute atomic E-state index is 0.169. The van der Waals surface area contributed by atoms with Gasteiger partial charge < -0.3 is 14.8 Å². The first kappa shape index (κ1) is 15.8. The van der Waals surface area contributed by atoms with E-state index in [-0.39, 0.29) is 5.91 Å². The molecule has 0 fully saturated rings. The summed E-state index contributed by atoms with van der Waals surface area (Å²) in [6.45, 7) is 4.11. The predicted molar refractivity (Wildman–Crippen MR) is 83.9 cm³/mol. The molecule has 1 amide bonds. The van der Waals surface area contributed by atoms with Crippen LogP contribution in [0.2, 0.25) is 0 Å². The van der Waals surface area contributed by atoms with Gasteiger partial charge in [-0.25, -0.2) is 4.98 Å². The number of rotatable bonds is 6. The first-order valence-electron chi connectivity index (χ1n) is 7.08. The lowest BCUT2D eigenvalue weighted by Crippen LogP contribution is -2.35. The van der Waals surface area contributed by atoms with E-state index in [1.54, 1.807) is 26.3 Å². The average Bonchev–Trinajstić information content (AvgIpc) is 2.52. The van der Waals surface area contributed by atoms with Crippen LogP contribution in [-0.4, -0.2) is 24.1 Å². The van der Waals surface area contributed by atoms with E-state index in [4.69, 9.17) is 9.47 Å². The summed E-state index contributed by atoms with van der Waals surface area (Å²) in [5.74, 6) is 1.04. The van der Waals surface area contributed by atoms with Gasteiger partial charge in [0.25, 0.3) is 5.91 Å². The standard InChI is InChI=1S/C17H20N2O3/c1-12-5-4-6-15(9-12)22-13(2)17(20)19-11-14-7-8-18-16(10-14)21-3/h4-10,13H,11H2,1-3H3,(H,19,20). The molecule has 1 atom stereocenters. The van der Waals surface area contributed by atoms with Crippen molar-refractivity contribution in [3.05, 3.63) is 53.7 Å². The molecule has 0 aliphatic carbocycles. The third-order valence-corrected chi connectivity index (χ3v) is 3.15. The van der Waals surface area contributed by atoms with Gasteiger partial charge in [0.1, 0.15) is 5.75 Å². The summed E-state index contributed by atoms with van der Waals surface area (Å²) in [6, 6.07) is 11.2. The molecule has 0 spiro atoms. The molecule has 5 nitrogen and oxygen atoms in total. The topological polar surface area (TPSA) is 60.5 Å². The first-order valence-corrected chi connectivity index (χ1v) is 7.08. The highest BCUT2D eigenvalue weighted by atomic mass is 16.5. The predicted octanol–water partition coefficient (Wildman–Crippen LogP) is 2.48. The second-order valence-electron chi connectivity index (χ2n) is 5.00. The molecule has 116 valence electrons. The van der Waals surface area contributed by atoms with E-state index in [2.05, 4.69) is 10.3 Å². The number of pyridine rings is 1. The van der Waals surface area contributed by atoms with E-state index >= 15 is 0 Å². The summed E-state index contributed by atoms with van der Waals surface area (Å²) in [4.78, 5) is 16.1. The Kier molecular flexibility index (Phi) is 5.36. The SMILES string of the molecule is COc1cc(CNC(=O)C(C)Oc2cccc(C)c2)ccn1. The molecule has 0 saturated carbocycles. The number of nitrogens with one attached hydrogen (secondary N) is 1. The molecule has 0 radical (unpaired) electrons. The van der Waals surface area contributed by atoms with Gasteiger partial charge in [-0.15, -0.1) is 0 Å². The summed E-state index contributed by atoms with van der Waals surface area (Å²) >= 11 is 0. The van der Waals surface area contributed by atoms with Crippen molar-refractivity contribution >= 4 is 5.91 Å². The molecule has 1 aromatic heterocycles. The Bertz CT molecular complexity index is 643. The molecule has 22 heavy (non-hydrogen) atoms. The fourth-order valence-corrected chi connectivity index (χ4v) is 1.95. The zero-order chi connectivity index (χ0) is 15.9. The number of nitrogens with zero attached hydrogens (tertiary/aromatic N) is 1. The van der Waals surface area contributed by atoms with Crippen molar-refractivity contribution in [1.82, 2.24) is 10.3 Å². The van der Waals surface area contributed by atoms with Crippen molar-refractivity contribution < 1.29 is 14.3 Å². The Balaban J connectivity index is 1.88. The second-order valence-corrected chi connectivity index (χ2v) is 5.00. The number of amides is 1.